The van der Waals surface area contributed by atoms with Gasteiger partial charge in [0.15, 0.2) is 0 Å². The minimum absolute atomic E-state index is 0.474. The van der Waals surface area contributed by atoms with E-state index in [9.17, 15) is 0 Å². The lowest BCUT2D eigenvalue weighted by atomic mass is 9.46. The summed E-state index contributed by atoms with van der Waals surface area (Å²) in [7, 11) is -2.62. The highest BCUT2D eigenvalue weighted by molar-refractivity contribution is 6.91. The summed E-state index contributed by atoms with van der Waals surface area (Å²) in [6.45, 7) is -0.474. The molecule has 0 fully saturated rings. The SMILES string of the molecule is c1ccc(N2B3c4c5c(cc6c4-c4c(cc7c8c4B(Oc4ccc9c(c4-8)B(Oc4ccccc4-9)O7)N6c4ccccc4)N3c3ccccc3)N(c3ccccc3)B3Oc4ccc6c7c4-c4c(cc2c-5c43)OB7Oc2ccccc2-6)cc1. The van der Waals surface area contributed by atoms with Gasteiger partial charge in [0.2, 0.25) is 0 Å². The molecule has 0 N–H and O–H groups in total. The predicted molar refractivity (Wildman–Crippen MR) is 324 cm³/mol. The number of benzene rings is 11. The number of para-hydroxylation sites is 6. The predicted octanol–water partition coefficient (Wildman–Crippen LogP) is 11.1. The van der Waals surface area contributed by atoms with Gasteiger partial charge in [0.1, 0.15) is 34.5 Å². The number of fused-ring (bicyclic) bond motifs is 4. The monoisotopic (exact) mass is 1030 g/mol. The molecule has 0 radical (unpaired) electrons. The van der Waals surface area contributed by atoms with Gasteiger partial charge in [0, 0.05) is 135 Å². The lowest BCUT2D eigenvalue weighted by Gasteiger charge is -2.55. The van der Waals surface area contributed by atoms with Crippen molar-refractivity contribution in [3.05, 3.63) is 212 Å². The van der Waals surface area contributed by atoms with E-state index in [4.69, 9.17) is 27.9 Å². The van der Waals surface area contributed by atoms with E-state index in [0.717, 1.165) is 169 Å². The van der Waals surface area contributed by atoms with Crippen LogP contribution in [0.4, 0.5) is 45.5 Å². The van der Waals surface area contributed by atoms with Crippen molar-refractivity contribution in [2.45, 2.75) is 0 Å². The van der Waals surface area contributed by atoms with Crippen LogP contribution in [0.3, 0.4) is 0 Å². The first kappa shape index (κ1) is 41.8. The second-order valence-corrected chi connectivity index (χ2v) is 22.3. The maximum atomic E-state index is 7.71. The highest BCUT2D eigenvalue weighted by atomic mass is 16.6. The second-order valence-electron chi connectivity index (χ2n) is 22.3. The van der Waals surface area contributed by atoms with Gasteiger partial charge in [-0.05, 0) is 95.5 Å². The minimum Gasteiger partial charge on any atom is -0.537 e. The molecular formula is C66H35B5N4O6. The van der Waals surface area contributed by atoms with Crippen molar-refractivity contribution < 1.29 is 27.9 Å². The van der Waals surface area contributed by atoms with Crippen LogP contribution in [0.15, 0.2) is 212 Å². The average Bonchev–Trinajstić information content (AvgIpc) is 1.03. The Morgan fingerprint density at radius 2 is 0.580 bits per heavy atom. The van der Waals surface area contributed by atoms with E-state index >= 15 is 0 Å². The molecule has 0 saturated heterocycles. The van der Waals surface area contributed by atoms with Gasteiger partial charge in [0.25, 0.3) is 0 Å². The Balaban J connectivity index is 0.949. The largest absolute Gasteiger partial charge is 0.634 e. The van der Waals surface area contributed by atoms with Crippen molar-refractivity contribution in [1.29, 1.82) is 0 Å². The van der Waals surface area contributed by atoms with E-state index in [-0.39, 0.29) is 0 Å². The van der Waals surface area contributed by atoms with Crippen LogP contribution in [0.25, 0.3) is 66.8 Å². The standard InChI is InChI=1S/C66H35B5N4O6/c1-5-17-36(18-6-1)72-46-34-52-60-58-50(31-29-42-40-25-13-15-27-48(40)78-70(80-52)62(42)58)76-68-65(60)56(46)54-44(74(68)38-21-9-3-10-22-38)33-45-55-57-47(73(67(72)64(54)55)37-19-7-2-8-20-37)35-53-61-59-51(77-69(66(57)61)75(45)39-23-11-4-12-24-39)32-30-43-41-26-14-16-28-49(41)79-71(81-53)63(43)59/h1-35H. The van der Waals surface area contributed by atoms with Crippen LogP contribution in [-0.2, 0) is 0 Å². The average molecular weight is 1030 g/mol. The van der Waals surface area contributed by atoms with Crippen molar-refractivity contribution in [2.75, 3.05) is 19.2 Å². The van der Waals surface area contributed by atoms with Gasteiger partial charge in [-0.25, -0.2) is 0 Å². The molecule has 10 heterocycles. The molecule has 11 aromatic rings. The number of anilines is 8. The molecule has 11 aromatic carbocycles. The molecule has 0 unspecified atom stereocenters. The lowest BCUT2D eigenvalue weighted by molar-refractivity contribution is 0.434. The Morgan fingerprint density at radius 1 is 0.235 bits per heavy atom. The zero-order valence-corrected chi connectivity index (χ0v) is 42.8. The summed E-state index contributed by atoms with van der Waals surface area (Å²) in [5.41, 5.74) is 26.3. The van der Waals surface area contributed by atoms with Gasteiger partial charge < -0.3 is 47.2 Å². The summed E-state index contributed by atoms with van der Waals surface area (Å²) in [6, 6.07) is 75.5. The molecule has 21 rings (SSSR count). The lowest BCUT2D eigenvalue weighted by Crippen LogP contribution is -2.68. The summed E-state index contributed by atoms with van der Waals surface area (Å²) in [5.74, 6) is 4.66. The molecule has 0 bridgehead atoms. The molecule has 15 heteroatoms. The van der Waals surface area contributed by atoms with Crippen LogP contribution in [0, 0.1) is 0 Å². The molecule has 0 atom stereocenters. The van der Waals surface area contributed by atoms with Crippen LogP contribution in [-0.4, -0.2) is 35.3 Å². The highest BCUT2D eigenvalue weighted by Crippen LogP contribution is 2.63. The molecule has 10 aliphatic heterocycles. The summed E-state index contributed by atoms with van der Waals surface area (Å²) in [4.78, 5) is 9.98. The Labute approximate surface area is 466 Å². The molecule has 0 aromatic heterocycles. The first-order valence-electron chi connectivity index (χ1n) is 27.8. The summed E-state index contributed by atoms with van der Waals surface area (Å²) >= 11 is 0. The van der Waals surface area contributed by atoms with Crippen LogP contribution in [0.5, 0.6) is 34.5 Å². The van der Waals surface area contributed by atoms with Crippen LogP contribution >= 0.6 is 0 Å². The van der Waals surface area contributed by atoms with Crippen molar-refractivity contribution in [3.8, 4) is 101 Å². The minimum atomic E-state index is -0.701. The third kappa shape index (κ3) is 4.97. The van der Waals surface area contributed by atoms with E-state index in [1.165, 1.54) is 5.46 Å². The molecule has 10 nitrogen and oxygen atoms in total. The van der Waals surface area contributed by atoms with E-state index < -0.39 is 35.3 Å². The van der Waals surface area contributed by atoms with Crippen molar-refractivity contribution in [2.24, 2.45) is 0 Å². The van der Waals surface area contributed by atoms with Crippen LogP contribution < -0.4 is 74.5 Å². The van der Waals surface area contributed by atoms with E-state index in [2.05, 4.69) is 207 Å². The van der Waals surface area contributed by atoms with E-state index in [0.29, 0.717) is 0 Å². The van der Waals surface area contributed by atoms with Gasteiger partial charge in [-0.1, -0.05) is 121 Å². The van der Waals surface area contributed by atoms with Crippen molar-refractivity contribution in [1.82, 2.24) is 0 Å². The van der Waals surface area contributed by atoms with Crippen LogP contribution in [0.1, 0.15) is 0 Å². The third-order valence-corrected chi connectivity index (χ3v) is 18.5. The highest BCUT2D eigenvalue weighted by Gasteiger charge is 2.62. The molecular weight excluding hydrogens is 999 g/mol. The molecule has 10 aliphatic rings. The van der Waals surface area contributed by atoms with E-state index in [1.807, 2.05) is 24.3 Å². The number of nitrogens with zero attached hydrogens (tertiary/aromatic N) is 4. The molecule has 370 valence electrons. The number of hydrogen-bond acceptors (Lipinski definition) is 10. The van der Waals surface area contributed by atoms with Crippen LogP contribution in [0.2, 0.25) is 0 Å². The first-order valence-corrected chi connectivity index (χ1v) is 27.8. The van der Waals surface area contributed by atoms with Gasteiger partial charge in [0.05, 0.1) is 0 Å². The zero-order valence-electron chi connectivity index (χ0n) is 42.8. The fraction of sp³-hybridized carbons (Fsp3) is 0. The van der Waals surface area contributed by atoms with Gasteiger partial charge in [-0.3, -0.25) is 0 Å². The number of hydrogen-bond donors (Lipinski definition) is 0. The summed E-state index contributed by atoms with van der Waals surface area (Å²) < 4.78 is 44.0. The molecule has 0 spiro atoms. The summed E-state index contributed by atoms with van der Waals surface area (Å²) in [5, 5.41) is 0. The quantitative estimate of drug-likeness (QED) is 0.159. The molecule has 0 aliphatic carbocycles. The maximum Gasteiger partial charge on any atom is 0.634 e. The van der Waals surface area contributed by atoms with E-state index in [1.54, 1.807) is 0 Å². The van der Waals surface area contributed by atoms with Gasteiger partial charge in [-0.15, -0.1) is 0 Å². The number of rotatable bonds is 4. The van der Waals surface area contributed by atoms with Gasteiger partial charge in [-0.2, -0.15) is 0 Å². The maximum absolute atomic E-state index is 7.71. The fourth-order valence-electron chi connectivity index (χ4n) is 15.5. The molecule has 0 amide bonds. The first-order chi connectivity index (χ1) is 40.2. The molecule has 81 heavy (non-hydrogen) atoms. The topological polar surface area (TPSA) is 68.3 Å². The molecule has 0 saturated carbocycles. The Hall–Kier alpha value is -10.3. The third-order valence-electron chi connectivity index (χ3n) is 18.5. The second kappa shape index (κ2) is 14.5. The zero-order chi connectivity index (χ0) is 52.1. The Morgan fingerprint density at radius 3 is 1.01 bits per heavy atom. The smallest absolute Gasteiger partial charge is 0.537 e. The normalized spacial score (nSPS) is 15.5. The Kier molecular flexibility index (Phi) is 7.48. The summed E-state index contributed by atoms with van der Waals surface area (Å²) in [6.07, 6.45) is 0. The van der Waals surface area contributed by atoms with Crippen molar-refractivity contribution >= 4 is 108 Å². The fourth-order valence-corrected chi connectivity index (χ4v) is 15.5. The Bertz CT molecular complexity index is 4460. The van der Waals surface area contributed by atoms with Gasteiger partial charge >= 0.3 is 35.3 Å². The van der Waals surface area contributed by atoms with Crippen molar-refractivity contribution in [3.63, 3.8) is 0 Å².